The van der Waals surface area contributed by atoms with Crippen molar-refractivity contribution < 1.29 is 19.1 Å². The first kappa shape index (κ1) is 22.7. The standard InChI is InChI=1S/C25H27N3O4/c1-16-6-5-7-17(14-16)23(29)27-19-10-13-22(21(26)15-19)31-20-11-8-18(9-12-20)28-24(30)32-25(2,3)4/h5-15H,26H2,1-4H3,(H,27,29)(H,28,30). The smallest absolute Gasteiger partial charge is 0.412 e. The molecule has 166 valence electrons. The second-order valence-corrected chi connectivity index (χ2v) is 8.33. The minimum Gasteiger partial charge on any atom is -0.455 e. The molecule has 0 radical (unpaired) electrons. The van der Waals surface area contributed by atoms with Crippen molar-refractivity contribution in [1.29, 1.82) is 0 Å². The predicted octanol–water partition coefficient (Wildman–Crippen LogP) is 5.97. The van der Waals surface area contributed by atoms with Crippen LogP contribution in [-0.2, 0) is 4.74 Å². The Morgan fingerprint density at radius 3 is 2.19 bits per heavy atom. The van der Waals surface area contributed by atoms with Crippen molar-refractivity contribution in [3.8, 4) is 11.5 Å². The Bertz CT molecular complexity index is 1120. The number of anilines is 3. The number of benzene rings is 3. The van der Waals surface area contributed by atoms with E-state index in [0.717, 1.165) is 5.56 Å². The molecule has 7 heteroatoms. The summed E-state index contributed by atoms with van der Waals surface area (Å²) in [6, 6.07) is 19.2. The molecule has 0 aliphatic carbocycles. The first-order valence-corrected chi connectivity index (χ1v) is 10.1. The number of hydrogen-bond acceptors (Lipinski definition) is 5. The molecule has 0 heterocycles. The van der Waals surface area contributed by atoms with E-state index in [-0.39, 0.29) is 5.91 Å². The topological polar surface area (TPSA) is 103 Å². The van der Waals surface area contributed by atoms with E-state index < -0.39 is 11.7 Å². The SMILES string of the molecule is Cc1cccc(C(=O)Nc2ccc(Oc3ccc(NC(=O)OC(C)(C)C)cc3)c(N)c2)c1. The molecule has 0 fully saturated rings. The molecular formula is C25H27N3O4. The molecule has 0 saturated carbocycles. The third kappa shape index (κ3) is 6.50. The number of rotatable bonds is 5. The lowest BCUT2D eigenvalue weighted by molar-refractivity contribution is 0.0635. The zero-order valence-electron chi connectivity index (χ0n) is 18.6. The monoisotopic (exact) mass is 433 g/mol. The molecule has 0 aromatic heterocycles. The minimum atomic E-state index is -0.573. The van der Waals surface area contributed by atoms with Crippen LogP contribution >= 0.6 is 0 Å². The van der Waals surface area contributed by atoms with Gasteiger partial charge in [0.05, 0.1) is 5.69 Å². The third-order valence-corrected chi connectivity index (χ3v) is 4.28. The molecule has 0 bridgehead atoms. The van der Waals surface area contributed by atoms with Crippen LogP contribution in [0.3, 0.4) is 0 Å². The molecule has 7 nitrogen and oxygen atoms in total. The van der Waals surface area contributed by atoms with E-state index in [1.807, 2.05) is 25.1 Å². The van der Waals surface area contributed by atoms with Gasteiger partial charge in [0.25, 0.3) is 5.91 Å². The highest BCUT2D eigenvalue weighted by molar-refractivity contribution is 6.04. The van der Waals surface area contributed by atoms with Crippen molar-refractivity contribution in [2.45, 2.75) is 33.3 Å². The second-order valence-electron chi connectivity index (χ2n) is 8.33. The number of amides is 2. The number of nitrogens with one attached hydrogen (secondary N) is 2. The summed E-state index contributed by atoms with van der Waals surface area (Å²) in [5.41, 5.74) is 8.64. The van der Waals surface area contributed by atoms with Gasteiger partial charge >= 0.3 is 6.09 Å². The molecule has 0 unspecified atom stereocenters. The second kappa shape index (κ2) is 9.43. The number of ether oxygens (including phenoxy) is 2. The number of hydrogen-bond donors (Lipinski definition) is 3. The molecule has 3 rings (SSSR count). The maximum atomic E-state index is 12.4. The average molecular weight is 434 g/mol. The summed E-state index contributed by atoms with van der Waals surface area (Å²) in [5.74, 6) is 0.782. The third-order valence-electron chi connectivity index (χ3n) is 4.28. The summed E-state index contributed by atoms with van der Waals surface area (Å²) in [4.78, 5) is 24.3. The average Bonchev–Trinajstić information content (AvgIpc) is 2.70. The largest absolute Gasteiger partial charge is 0.455 e. The first-order valence-electron chi connectivity index (χ1n) is 10.1. The van der Waals surface area contributed by atoms with E-state index in [4.69, 9.17) is 15.2 Å². The van der Waals surface area contributed by atoms with Crippen molar-refractivity contribution in [2.75, 3.05) is 16.4 Å². The molecule has 3 aromatic carbocycles. The van der Waals surface area contributed by atoms with Gasteiger partial charge in [-0.1, -0.05) is 17.7 Å². The van der Waals surface area contributed by atoms with Gasteiger partial charge in [0.1, 0.15) is 17.1 Å². The predicted molar refractivity (Wildman–Crippen MR) is 126 cm³/mol. The quantitative estimate of drug-likeness (QED) is 0.430. The fourth-order valence-corrected chi connectivity index (χ4v) is 2.86. The summed E-state index contributed by atoms with van der Waals surface area (Å²) >= 11 is 0. The fraction of sp³-hybridized carbons (Fsp3) is 0.200. The fourth-order valence-electron chi connectivity index (χ4n) is 2.86. The Hall–Kier alpha value is -4.00. The summed E-state index contributed by atoms with van der Waals surface area (Å²) in [6.07, 6.45) is -0.529. The Morgan fingerprint density at radius 1 is 0.875 bits per heavy atom. The van der Waals surface area contributed by atoms with Crippen LogP contribution in [0.1, 0.15) is 36.7 Å². The summed E-state index contributed by atoms with van der Waals surface area (Å²) in [7, 11) is 0. The Balaban J connectivity index is 1.62. The molecule has 0 atom stereocenters. The lowest BCUT2D eigenvalue weighted by Crippen LogP contribution is -2.27. The summed E-state index contributed by atoms with van der Waals surface area (Å²) in [5, 5.41) is 5.49. The molecule has 0 saturated heterocycles. The van der Waals surface area contributed by atoms with Gasteiger partial charge in [0, 0.05) is 16.9 Å². The van der Waals surface area contributed by atoms with Gasteiger partial charge < -0.3 is 20.5 Å². The van der Waals surface area contributed by atoms with Crippen molar-refractivity contribution in [2.24, 2.45) is 0 Å². The number of carbonyl (C=O) groups is 2. The van der Waals surface area contributed by atoms with Crippen LogP contribution in [0.15, 0.2) is 66.7 Å². The zero-order chi connectivity index (χ0) is 23.3. The highest BCUT2D eigenvalue weighted by Gasteiger charge is 2.16. The van der Waals surface area contributed by atoms with Crippen LogP contribution < -0.4 is 21.1 Å². The summed E-state index contributed by atoms with van der Waals surface area (Å²) in [6.45, 7) is 7.33. The molecule has 0 aliphatic heterocycles. The normalized spacial score (nSPS) is 10.9. The maximum Gasteiger partial charge on any atom is 0.412 e. The molecular weight excluding hydrogens is 406 g/mol. The van der Waals surface area contributed by atoms with Crippen molar-refractivity contribution in [3.63, 3.8) is 0 Å². The minimum absolute atomic E-state index is 0.213. The molecule has 3 aromatic rings. The van der Waals surface area contributed by atoms with Gasteiger partial charge in [-0.05, 0) is 82.3 Å². The van der Waals surface area contributed by atoms with Crippen LogP contribution in [-0.4, -0.2) is 17.6 Å². The first-order chi connectivity index (χ1) is 15.1. The van der Waals surface area contributed by atoms with Gasteiger partial charge in [0.15, 0.2) is 0 Å². The van der Waals surface area contributed by atoms with E-state index in [1.54, 1.807) is 69.3 Å². The molecule has 4 N–H and O–H groups in total. The molecule has 2 amide bonds. The van der Waals surface area contributed by atoms with E-state index in [1.165, 1.54) is 0 Å². The lowest BCUT2D eigenvalue weighted by Gasteiger charge is -2.19. The molecule has 32 heavy (non-hydrogen) atoms. The Morgan fingerprint density at radius 2 is 1.56 bits per heavy atom. The van der Waals surface area contributed by atoms with E-state index in [9.17, 15) is 9.59 Å². The highest BCUT2D eigenvalue weighted by atomic mass is 16.6. The van der Waals surface area contributed by atoms with Gasteiger partial charge in [0.2, 0.25) is 0 Å². The van der Waals surface area contributed by atoms with Crippen molar-refractivity contribution >= 4 is 29.1 Å². The van der Waals surface area contributed by atoms with Crippen molar-refractivity contribution in [3.05, 3.63) is 77.9 Å². The van der Waals surface area contributed by atoms with Crippen LogP contribution in [0.25, 0.3) is 0 Å². The van der Waals surface area contributed by atoms with Crippen LogP contribution in [0, 0.1) is 6.92 Å². The van der Waals surface area contributed by atoms with E-state index >= 15 is 0 Å². The van der Waals surface area contributed by atoms with Crippen LogP contribution in [0.2, 0.25) is 0 Å². The molecule has 0 aliphatic rings. The van der Waals surface area contributed by atoms with Gasteiger partial charge in [-0.2, -0.15) is 0 Å². The number of nitrogen functional groups attached to an aromatic ring is 1. The maximum absolute atomic E-state index is 12.4. The van der Waals surface area contributed by atoms with Crippen molar-refractivity contribution in [1.82, 2.24) is 0 Å². The number of nitrogens with two attached hydrogens (primary N) is 1. The zero-order valence-corrected chi connectivity index (χ0v) is 18.6. The number of carbonyl (C=O) groups excluding carboxylic acids is 2. The van der Waals surface area contributed by atoms with Crippen LogP contribution in [0.5, 0.6) is 11.5 Å². The van der Waals surface area contributed by atoms with E-state index in [2.05, 4.69) is 10.6 Å². The van der Waals surface area contributed by atoms with Gasteiger partial charge in [-0.25, -0.2) is 4.79 Å². The Labute approximate surface area is 187 Å². The van der Waals surface area contributed by atoms with Crippen LogP contribution in [0.4, 0.5) is 21.9 Å². The number of aryl methyl sites for hydroxylation is 1. The lowest BCUT2D eigenvalue weighted by atomic mass is 10.1. The summed E-state index contributed by atoms with van der Waals surface area (Å²) < 4.78 is 11.1. The van der Waals surface area contributed by atoms with Gasteiger partial charge in [-0.3, -0.25) is 10.1 Å². The Kier molecular flexibility index (Phi) is 6.68. The van der Waals surface area contributed by atoms with E-state index in [0.29, 0.717) is 34.1 Å². The van der Waals surface area contributed by atoms with Gasteiger partial charge in [-0.15, -0.1) is 0 Å². The molecule has 0 spiro atoms. The highest BCUT2D eigenvalue weighted by Crippen LogP contribution is 2.30.